The molecule has 0 unspecified atom stereocenters. The molecule has 1 saturated heterocycles. The number of ether oxygens (including phenoxy) is 2. The Hall–Kier alpha value is -2.74. The number of likely N-dealkylation sites (tertiary alicyclic amines) is 1. The molecule has 1 heterocycles. The van der Waals surface area contributed by atoms with Crippen molar-refractivity contribution in [3.05, 3.63) is 53.3 Å². The smallest absolute Gasteiger partial charge is 0.241 e. The molecule has 1 amide bonds. The van der Waals surface area contributed by atoms with E-state index in [2.05, 4.69) is 5.32 Å². The van der Waals surface area contributed by atoms with E-state index in [-0.39, 0.29) is 6.04 Å². The molecule has 2 aromatic carbocycles. The molecule has 0 bridgehead atoms. The first kappa shape index (κ1) is 21.0. The second-order valence-electron chi connectivity index (χ2n) is 6.89. The Morgan fingerprint density at radius 3 is 2.59 bits per heavy atom. The monoisotopic (exact) mass is 408 g/mol. The quantitative estimate of drug-likeness (QED) is 0.725. The second kappa shape index (κ2) is 8.73. The van der Waals surface area contributed by atoms with E-state index in [4.69, 9.17) is 9.47 Å². The molecule has 2 atom stereocenters. The fourth-order valence-electron chi connectivity index (χ4n) is 3.69. The van der Waals surface area contributed by atoms with E-state index in [1.165, 1.54) is 0 Å². The van der Waals surface area contributed by atoms with Crippen molar-refractivity contribution in [2.24, 2.45) is 0 Å². The average molecular weight is 408 g/mol. The minimum atomic E-state index is -1.61. The lowest BCUT2D eigenvalue weighted by atomic mass is 10.0. The molecule has 8 heteroatoms. The highest BCUT2D eigenvalue weighted by Gasteiger charge is 2.35. The molecule has 1 N–H and O–H groups in total. The molecule has 0 spiro atoms. The molecular weight excluding hydrogens is 385 g/mol. The van der Waals surface area contributed by atoms with Gasteiger partial charge in [0, 0.05) is 17.7 Å². The summed E-state index contributed by atoms with van der Waals surface area (Å²) in [4.78, 5) is 14.7. The van der Waals surface area contributed by atoms with Gasteiger partial charge in [-0.2, -0.15) is 0 Å². The Bertz CT molecular complexity index is 907. The molecule has 1 aliphatic rings. The van der Waals surface area contributed by atoms with E-state index in [9.17, 15) is 18.0 Å². The van der Waals surface area contributed by atoms with E-state index < -0.39 is 35.1 Å². The van der Waals surface area contributed by atoms with Gasteiger partial charge < -0.3 is 14.8 Å². The summed E-state index contributed by atoms with van der Waals surface area (Å²) in [7, 11) is 3.14. The minimum absolute atomic E-state index is 0.0774. The van der Waals surface area contributed by atoms with E-state index in [0.717, 1.165) is 30.5 Å². The van der Waals surface area contributed by atoms with Crippen molar-refractivity contribution in [1.82, 2.24) is 4.90 Å². The van der Waals surface area contributed by atoms with Crippen LogP contribution in [0.1, 0.15) is 31.4 Å². The minimum Gasteiger partial charge on any atom is -0.497 e. The lowest BCUT2D eigenvalue weighted by Gasteiger charge is -2.31. The molecule has 5 nitrogen and oxygen atoms in total. The number of nitrogens with one attached hydrogen (secondary N) is 1. The third-order valence-electron chi connectivity index (χ3n) is 5.26. The molecule has 0 aromatic heterocycles. The first-order chi connectivity index (χ1) is 13.9. The van der Waals surface area contributed by atoms with Crippen LogP contribution in [0.5, 0.6) is 11.5 Å². The van der Waals surface area contributed by atoms with E-state index >= 15 is 0 Å². The summed E-state index contributed by atoms with van der Waals surface area (Å²) in [5.41, 5.74) is 0.531. The number of hydrogen-bond acceptors (Lipinski definition) is 4. The van der Waals surface area contributed by atoms with E-state index in [1.807, 2.05) is 17.0 Å². The number of hydrogen-bond donors (Lipinski definition) is 1. The number of rotatable bonds is 6. The highest BCUT2D eigenvalue weighted by Crippen LogP contribution is 2.39. The first-order valence-electron chi connectivity index (χ1n) is 9.29. The molecule has 1 aliphatic heterocycles. The van der Waals surface area contributed by atoms with Crippen molar-refractivity contribution < 1.29 is 27.4 Å². The maximum absolute atomic E-state index is 13.9. The molecule has 0 radical (unpaired) electrons. The normalized spacial score (nSPS) is 17.8. The molecule has 0 saturated carbocycles. The number of halogens is 3. The SMILES string of the molecule is COc1ccc([C@H]2CCCN2[C@H](C)C(=O)Nc2ccc(F)c(F)c2F)c(OC)c1. The van der Waals surface area contributed by atoms with Crippen LogP contribution >= 0.6 is 0 Å². The lowest BCUT2D eigenvalue weighted by molar-refractivity contribution is -0.121. The summed E-state index contributed by atoms with van der Waals surface area (Å²) in [6.07, 6.45) is 1.69. The average Bonchev–Trinajstić information content (AvgIpc) is 3.22. The van der Waals surface area contributed by atoms with Crippen molar-refractivity contribution in [3.63, 3.8) is 0 Å². The van der Waals surface area contributed by atoms with Gasteiger partial charge >= 0.3 is 0 Å². The largest absolute Gasteiger partial charge is 0.497 e. The van der Waals surface area contributed by atoms with E-state index in [1.54, 1.807) is 27.2 Å². The lowest BCUT2D eigenvalue weighted by Crippen LogP contribution is -2.41. The van der Waals surface area contributed by atoms with Crippen molar-refractivity contribution in [1.29, 1.82) is 0 Å². The summed E-state index contributed by atoms with van der Waals surface area (Å²) in [5, 5.41) is 2.36. The van der Waals surface area contributed by atoms with Crippen LogP contribution in [0.25, 0.3) is 0 Å². The Morgan fingerprint density at radius 1 is 1.14 bits per heavy atom. The van der Waals surface area contributed by atoms with Gasteiger partial charge in [-0.25, -0.2) is 13.2 Å². The summed E-state index contributed by atoms with van der Waals surface area (Å²) < 4.78 is 51.2. The molecule has 1 fully saturated rings. The van der Waals surface area contributed by atoms with Gasteiger partial charge in [0.2, 0.25) is 5.91 Å². The standard InChI is InChI=1S/C21H23F3N2O3/c1-12(21(27)25-16-9-8-15(22)19(23)20(16)24)26-10-4-5-17(26)14-7-6-13(28-2)11-18(14)29-3/h6-9,11-12,17H,4-5,10H2,1-3H3,(H,25,27)/t12-,17-/m1/s1. The highest BCUT2D eigenvalue weighted by atomic mass is 19.2. The van der Waals surface area contributed by atoms with Gasteiger partial charge in [-0.1, -0.05) is 6.07 Å². The Labute approximate surface area is 167 Å². The summed E-state index contributed by atoms with van der Waals surface area (Å²) in [6.45, 7) is 2.36. The van der Waals surface area contributed by atoms with Crippen LogP contribution in [-0.4, -0.2) is 37.6 Å². The maximum atomic E-state index is 13.9. The van der Waals surface area contributed by atoms with Crippen molar-refractivity contribution in [2.75, 3.05) is 26.1 Å². The summed E-state index contributed by atoms with van der Waals surface area (Å²) >= 11 is 0. The van der Waals surface area contributed by atoms with Crippen LogP contribution in [0.2, 0.25) is 0 Å². The van der Waals surface area contributed by atoms with Gasteiger partial charge in [0.15, 0.2) is 17.5 Å². The molecule has 156 valence electrons. The third-order valence-corrected chi connectivity index (χ3v) is 5.26. The van der Waals surface area contributed by atoms with Gasteiger partial charge in [0.1, 0.15) is 11.5 Å². The van der Waals surface area contributed by atoms with Gasteiger partial charge in [-0.3, -0.25) is 9.69 Å². The van der Waals surface area contributed by atoms with Gasteiger partial charge in [-0.15, -0.1) is 0 Å². The number of carbonyl (C=O) groups excluding carboxylic acids is 1. The zero-order valence-corrected chi connectivity index (χ0v) is 16.5. The molecular formula is C21H23F3N2O3. The third kappa shape index (κ3) is 4.17. The van der Waals surface area contributed by atoms with Crippen molar-refractivity contribution in [3.8, 4) is 11.5 Å². The maximum Gasteiger partial charge on any atom is 0.241 e. The van der Waals surface area contributed by atoms with Crippen LogP contribution in [0, 0.1) is 17.5 Å². The number of anilines is 1. The Morgan fingerprint density at radius 2 is 1.90 bits per heavy atom. The summed E-state index contributed by atoms with van der Waals surface area (Å²) in [5.74, 6) is -3.53. The number of amides is 1. The molecule has 2 aromatic rings. The Balaban J connectivity index is 1.80. The fraction of sp³-hybridized carbons (Fsp3) is 0.381. The molecule has 3 rings (SSSR count). The van der Waals surface area contributed by atoms with Crippen LogP contribution in [0.15, 0.2) is 30.3 Å². The number of methoxy groups -OCH3 is 2. The van der Waals surface area contributed by atoms with Crippen LogP contribution in [0.4, 0.5) is 18.9 Å². The molecule has 0 aliphatic carbocycles. The van der Waals surface area contributed by atoms with Crippen LogP contribution < -0.4 is 14.8 Å². The number of benzene rings is 2. The van der Waals surface area contributed by atoms with Gasteiger partial charge in [0.25, 0.3) is 0 Å². The first-order valence-corrected chi connectivity index (χ1v) is 9.29. The molecule has 29 heavy (non-hydrogen) atoms. The zero-order valence-electron chi connectivity index (χ0n) is 16.5. The fourth-order valence-corrected chi connectivity index (χ4v) is 3.69. The predicted octanol–water partition coefficient (Wildman–Crippen LogP) is 4.29. The van der Waals surface area contributed by atoms with Gasteiger partial charge in [0.05, 0.1) is 25.9 Å². The number of nitrogens with zero attached hydrogens (tertiary/aromatic N) is 1. The van der Waals surface area contributed by atoms with Crippen LogP contribution in [0.3, 0.4) is 0 Å². The van der Waals surface area contributed by atoms with Crippen LogP contribution in [-0.2, 0) is 4.79 Å². The van der Waals surface area contributed by atoms with E-state index in [0.29, 0.717) is 18.0 Å². The van der Waals surface area contributed by atoms with Crippen molar-refractivity contribution in [2.45, 2.75) is 31.8 Å². The Kier molecular flexibility index (Phi) is 6.32. The number of carbonyl (C=O) groups is 1. The predicted molar refractivity (Wildman–Crippen MR) is 103 cm³/mol. The second-order valence-corrected chi connectivity index (χ2v) is 6.89. The zero-order chi connectivity index (χ0) is 21.1. The van der Waals surface area contributed by atoms with Gasteiger partial charge in [-0.05, 0) is 44.5 Å². The highest BCUT2D eigenvalue weighted by molar-refractivity contribution is 5.94. The summed E-state index contributed by atoms with van der Waals surface area (Å²) in [6, 6.07) is 6.60. The topological polar surface area (TPSA) is 50.8 Å². The van der Waals surface area contributed by atoms with Crippen molar-refractivity contribution >= 4 is 11.6 Å².